The fourth-order valence-corrected chi connectivity index (χ4v) is 1.50. The van der Waals surface area contributed by atoms with Gasteiger partial charge in [0.15, 0.2) is 0 Å². The molecule has 78 valence electrons. The summed E-state index contributed by atoms with van der Waals surface area (Å²) in [6, 6.07) is 5.59. The Bertz CT molecular complexity index is 560. The summed E-state index contributed by atoms with van der Waals surface area (Å²) in [5.41, 5.74) is 0.461. The minimum Gasteiger partial charge on any atom is -0.388 e. The molecule has 1 aromatic heterocycles. The highest BCUT2D eigenvalue weighted by Crippen LogP contribution is 2.15. The molecule has 0 saturated carbocycles. The molecule has 0 aliphatic carbocycles. The number of hydrogen-bond donors (Lipinski definition) is 2. The van der Waals surface area contributed by atoms with Crippen LogP contribution in [0.5, 0.6) is 0 Å². The fraction of sp³-hybridized carbons (Fsp3) is 0.182. The number of hydrogen-bond acceptors (Lipinski definition) is 2. The average molecular weight is 207 g/mol. The van der Waals surface area contributed by atoms with Crippen LogP contribution >= 0.6 is 0 Å². The number of aliphatic hydroxyl groups excluding tert-OH is 1. The van der Waals surface area contributed by atoms with Crippen LogP contribution in [-0.4, -0.2) is 10.1 Å². The lowest BCUT2D eigenvalue weighted by Gasteiger charge is -2.05. The molecule has 4 heteroatoms. The molecule has 2 N–H and O–H groups in total. The van der Waals surface area contributed by atoms with Gasteiger partial charge < -0.3 is 10.1 Å². The summed E-state index contributed by atoms with van der Waals surface area (Å²) >= 11 is 0. The standard InChI is InChI=1S/C11H10FNO2/c1-6(14)9-5-7-4-8(12)2-3-10(7)13-11(9)15/h2-6,14H,1H3,(H,13,15). The van der Waals surface area contributed by atoms with Crippen molar-refractivity contribution in [2.45, 2.75) is 13.0 Å². The van der Waals surface area contributed by atoms with Crippen LogP contribution in [0.15, 0.2) is 29.1 Å². The number of fused-ring (bicyclic) bond motifs is 1. The lowest BCUT2D eigenvalue weighted by Crippen LogP contribution is -2.14. The summed E-state index contributed by atoms with van der Waals surface area (Å²) in [6.07, 6.45) is -0.860. The summed E-state index contributed by atoms with van der Waals surface area (Å²) in [5.74, 6) is -0.369. The van der Waals surface area contributed by atoms with Gasteiger partial charge in [0.1, 0.15) is 5.82 Å². The van der Waals surface area contributed by atoms with Crippen LogP contribution in [0.2, 0.25) is 0 Å². The molecule has 0 radical (unpaired) electrons. The molecule has 0 saturated heterocycles. The van der Waals surface area contributed by atoms with Crippen molar-refractivity contribution < 1.29 is 9.50 Å². The van der Waals surface area contributed by atoms with Crippen LogP contribution in [0.25, 0.3) is 10.9 Å². The zero-order valence-corrected chi connectivity index (χ0v) is 8.12. The van der Waals surface area contributed by atoms with E-state index in [0.717, 1.165) is 0 Å². The van der Waals surface area contributed by atoms with Gasteiger partial charge in [-0.3, -0.25) is 4.79 Å². The molecule has 0 spiro atoms. The first-order valence-electron chi connectivity index (χ1n) is 4.58. The number of rotatable bonds is 1. The number of nitrogens with one attached hydrogen (secondary N) is 1. The molecule has 0 fully saturated rings. The molecule has 0 amide bonds. The van der Waals surface area contributed by atoms with Crippen molar-refractivity contribution in [1.29, 1.82) is 0 Å². The Labute approximate surface area is 85.2 Å². The second-order valence-electron chi connectivity index (χ2n) is 3.46. The first-order chi connectivity index (χ1) is 7.08. The zero-order chi connectivity index (χ0) is 11.0. The highest BCUT2D eigenvalue weighted by molar-refractivity contribution is 5.78. The molecule has 1 atom stereocenters. The Morgan fingerprint density at radius 2 is 2.13 bits per heavy atom. The quantitative estimate of drug-likeness (QED) is 0.748. The van der Waals surface area contributed by atoms with Gasteiger partial charge in [-0.25, -0.2) is 4.39 Å². The predicted molar refractivity (Wildman–Crippen MR) is 55.2 cm³/mol. The van der Waals surface area contributed by atoms with Crippen LogP contribution < -0.4 is 5.56 Å². The van der Waals surface area contributed by atoms with E-state index in [2.05, 4.69) is 4.98 Å². The van der Waals surface area contributed by atoms with E-state index >= 15 is 0 Å². The van der Waals surface area contributed by atoms with Gasteiger partial charge in [0.2, 0.25) is 0 Å². The summed E-state index contributed by atoms with van der Waals surface area (Å²) < 4.78 is 12.9. The van der Waals surface area contributed by atoms with Gasteiger partial charge in [-0.1, -0.05) is 0 Å². The number of H-pyrrole nitrogens is 1. The largest absolute Gasteiger partial charge is 0.388 e. The Hall–Kier alpha value is -1.68. The summed E-state index contributed by atoms with van der Waals surface area (Å²) in [4.78, 5) is 14.0. The SMILES string of the molecule is CC(O)c1cc2cc(F)ccc2[nH]c1=O. The number of benzene rings is 1. The normalized spacial score (nSPS) is 13.0. The maximum absolute atomic E-state index is 12.9. The van der Waals surface area contributed by atoms with E-state index in [1.807, 2.05) is 0 Å². The van der Waals surface area contributed by atoms with E-state index in [9.17, 15) is 14.3 Å². The first kappa shape index (κ1) is 9.86. The van der Waals surface area contributed by atoms with Crippen molar-refractivity contribution in [2.75, 3.05) is 0 Å². The second-order valence-corrected chi connectivity index (χ2v) is 3.46. The summed E-state index contributed by atoms with van der Waals surface area (Å²) in [6.45, 7) is 1.50. The molecular weight excluding hydrogens is 197 g/mol. The third-order valence-electron chi connectivity index (χ3n) is 2.29. The Morgan fingerprint density at radius 1 is 1.40 bits per heavy atom. The molecule has 2 rings (SSSR count). The molecule has 0 aliphatic rings. The van der Waals surface area contributed by atoms with Crippen molar-refractivity contribution in [1.82, 2.24) is 4.98 Å². The smallest absolute Gasteiger partial charge is 0.254 e. The molecule has 1 unspecified atom stereocenters. The van der Waals surface area contributed by atoms with E-state index in [1.54, 1.807) is 0 Å². The highest BCUT2D eigenvalue weighted by Gasteiger charge is 2.08. The maximum Gasteiger partial charge on any atom is 0.254 e. The molecule has 1 aromatic carbocycles. The zero-order valence-electron chi connectivity index (χ0n) is 8.12. The van der Waals surface area contributed by atoms with Crippen molar-refractivity contribution in [3.8, 4) is 0 Å². The third-order valence-corrected chi connectivity index (χ3v) is 2.29. The molecule has 0 aliphatic heterocycles. The molecule has 1 heterocycles. The van der Waals surface area contributed by atoms with Gasteiger partial charge in [0, 0.05) is 16.5 Å². The minimum absolute atomic E-state index is 0.244. The fourth-order valence-electron chi connectivity index (χ4n) is 1.50. The highest BCUT2D eigenvalue weighted by atomic mass is 19.1. The van der Waals surface area contributed by atoms with Gasteiger partial charge in [-0.2, -0.15) is 0 Å². The van der Waals surface area contributed by atoms with Crippen molar-refractivity contribution in [3.63, 3.8) is 0 Å². The van der Waals surface area contributed by atoms with Crippen LogP contribution in [0.1, 0.15) is 18.6 Å². The molecular formula is C11H10FNO2. The number of aromatic nitrogens is 1. The van der Waals surface area contributed by atoms with Crippen LogP contribution in [0, 0.1) is 5.82 Å². The van der Waals surface area contributed by atoms with E-state index in [1.165, 1.54) is 31.2 Å². The Morgan fingerprint density at radius 3 is 2.80 bits per heavy atom. The van der Waals surface area contributed by atoms with E-state index in [4.69, 9.17) is 0 Å². The van der Waals surface area contributed by atoms with Gasteiger partial charge in [-0.05, 0) is 31.2 Å². The first-order valence-corrected chi connectivity index (χ1v) is 4.58. The van der Waals surface area contributed by atoms with Crippen LogP contribution in [0.4, 0.5) is 4.39 Å². The van der Waals surface area contributed by atoms with E-state index in [0.29, 0.717) is 10.9 Å². The molecule has 3 nitrogen and oxygen atoms in total. The van der Waals surface area contributed by atoms with E-state index in [-0.39, 0.29) is 16.9 Å². The summed E-state index contributed by atoms with van der Waals surface area (Å²) in [7, 11) is 0. The van der Waals surface area contributed by atoms with Crippen LogP contribution in [-0.2, 0) is 0 Å². The van der Waals surface area contributed by atoms with Gasteiger partial charge in [0.05, 0.1) is 6.10 Å². The molecule has 15 heavy (non-hydrogen) atoms. The number of pyridine rings is 1. The predicted octanol–water partition coefficient (Wildman–Crippen LogP) is 1.72. The van der Waals surface area contributed by atoms with Crippen LogP contribution in [0.3, 0.4) is 0 Å². The van der Waals surface area contributed by atoms with E-state index < -0.39 is 6.10 Å². The van der Waals surface area contributed by atoms with Gasteiger partial charge in [0.25, 0.3) is 5.56 Å². The molecule has 2 aromatic rings. The lowest BCUT2D eigenvalue weighted by molar-refractivity contribution is 0.198. The topological polar surface area (TPSA) is 53.1 Å². The Kier molecular flexibility index (Phi) is 2.28. The van der Waals surface area contributed by atoms with Gasteiger partial charge >= 0.3 is 0 Å². The summed E-state index contributed by atoms with van der Waals surface area (Å²) in [5, 5.41) is 9.89. The number of aliphatic hydroxyl groups is 1. The third kappa shape index (κ3) is 1.76. The maximum atomic E-state index is 12.9. The Balaban J connectivity index is 2.77. The minimum atomic E-state index is -0.860. The average Bonchev–Trinajstić information content (AvgIpc) is 2.17. The van der Waals surface area contributed by atoms with Crippen molar-refractivity contribution in [3.05, 3.63) is 46.0 Å². The van der Waals surface area contributed by atoms with Gasteiger partial charge in [-0.15, -0.1) is 0 Å². The monoisotopic (exact) mass is 207 g/mol. The second kappa shape index (κ2) is 3.47. The number of aromatic amines is 1. The number of halogens is 1. The lowest BCUT2D eigenvalue weighted by atomic mass is 10.1. The van der Waals surface area contributed by atoms with Crippen molar-refractivity contribution in [2.24, 2.45) is 0 Å². The van der Waals surface area contributed by atoms with Crippen molar-refractivity contribution >= 4 is 10.9 Å². The molecule has 0 bridgehead atoms.